The van der Waals surface area contributed by atoms with Crippen LogP contribution in [0.1, 0.15) is 5.69 Å². The molecule has 1 aromatic heterocycles. The van der Waals surface area contributed by atoms with E-state index in [1.54, 1.807) is 35.0 Å². The predicted octanol–water partition coefficient (Wildman–Crippen LogP) is 2.99. The van der Waals surface area contributed by atoms with Gasteiger partial charge in [-0.15, -0.1) is 0 Å². The van der Waals surface area contributed by atoms with Gasteiger partial charge in [-0.05, 0) is 54.6 Å². The van der Waals surface area contributed by atoms with Gasteiger partial charge in [-0.2, -0.15) is 0 Å². The fraction of sp³-hybridized carbons (Fsp3) is 0. The Hall–Kier alpha value is -4.20. The molecule has 2 N–H and O–H groups in total. The number of para-hydroxylation sites is 1. The lowest BCUT2D eigenvalue weighted by Crippen LogP contribution is -2.54. The standard InChI is InChI=1S/C21H14FN3O4/c22-17-5-1-2-6-18(17)25-20(28)16(19(27)23-21(25)29)12-14-4-3-11-24(14)13-7-9-15(26)10-8-13/h1-12,26H,(H,23,27,29)/b16-12+. The van der Waals surface area contributed by atoms with Crippen molar-refractivity contribution in [3.63, 3.8) is 0 Å². The summed E-state index contributed by atoms with van der Waals surface area (Å²) in [5.41, 5.74) is 0.608. The van der Waals surface area contributed by atoms with Crippen LogP contribution in [0.15, 0.2) is 72.4 Å². The third kappa shape index (κ3) is 3.27. The second kappa shape index (κ2) is 7.08. The van der Waals surface area contributed by atoms with Crippen LogP contribution < -0.4 is 10.2 Å². The zero-order chi connectivity index (χ0) is 20.5. The van der Waals surface area contributed by atoms with E-state index in [2.05, 4.69) is 5.32 Å². The van der Waals surface area contributed by atoms with E-state index in [9.17, 15) is 23.9 Å². The number of aromatic hydroxyl groups is 1. The number of carbonyl (C=O) groups excluding carboxylic acids is 3. The molecule has 2 aromatic carbocycles. The van der Waals surface area contributed by atoms with Crippen molar-refractivity contribution in [1.29, 1.82) is 0 Å². The highest BCUT2D eigenvalue weighted by atomic mass is 19.1. The first-order valence-corrected chi connectivity index (χ1v) is 8.58. The number of anilines is 1. The van der Waals surface area contributed by atoms with Gasteiger partial charge in [0.1, 0.15) is 17.1 Å². The number of imide groups is 2. The number of urea groups is 1. The Kier molecular flexibility index (Phi) is 4.44. The second-order valence-electron chi connectivity index (χ2n) is 6.23. The number of halogens is 1. The molecular weight excluding hydrogens is 377 g/mol. The molecule has 7 nitrogen and oxygen atoms in total. The van der Waals surface area contributed by atoms with Gasteiger partial charge in [0.05, 0.1) is 5.69 Å². The van der Waals surface area contributed by atoms with Gasteiger partial charge in [0.15, 0.2) is 0 Å². The molecule has 1 saturated heterocycles. The minimum absolute atomic E-state index is 0.0988. The number of hydrogen-bond acceptors (Lipinski definition) is 4. The monoisotopic (exact) mass is 391 g/mol. The molecule has 0 spiro atoms. The SMILES string of the molecule is O=C1NC(=O)N(c2ccccc2F)C(=O)/C1=C/c1cccn1-c1ccc(O)cc1. The summed E-state index contributed by atoms with van der Waals surface area (Å²) in [7, 11) is 0. The van der Waals surface area contributed by atoms with Crippen LogP contribution in [0.5, 0.6) is 5.75 Å². The predicted molar refractivity (Wildman–Crippen MR) is 103 cm³/mol. The summed E-state index contributed by atoms with van der Waals surface area (Å²) >= 11 is 0. The van der Waals surface area contributed by atoms with E-state index in [0.717, 1.165) is 6.07 Å². The van der Waals surface area contributed by atoms with Crippen LogP contribution in [-0.4, -0.2) is 27.5 Å². The Morgan fingerprint density at radius 2 is 1.66 bits per heavy atom. The Bertz CT molecular complexity index is 1160. The molecule has 0 atom stereocenters. The maximum Gasteiger partial charge on any atom is 0.336 e. The number of amides is 4. The van der Waals surface area contributed by atoms with Gasteiger partial charge in [0.2, 0.25) is 0 Å². The maximum atomic E-state index is 14.1. The van der Waals surface area contributed by atoms with Gasteiger partial charge in [0, 0.05) is 17.6 Å². The average Bonchev–Trinajstić information content (AvgIpc) is 3.15. The third-order valence-corrected chi connectivity index (χ3v) is 4.40. The number of rotatable bonds is 3. The maximum absolute atomic E-state index is 14.1. The van der Waals surface area contributed by atoms with E-state index in [1.807, 2.05) is 0 Å². The quantitative estimate of drug-likeness (QED) is 0.530. The van der Waals surface area contributed by atoms with Crippen molar-refractivity contribution in [2.24, 2.45) is 0 Å². The van der Waals surface area contributed by atoms with Gasteiger partial charge in [0.25, 0.3) is 11.8 Å². The molecule has 0 bridgehead atoms. The highest BCUT2D eigenvalue weighted by Gasteiger charge is 2.38. The fourth-order valence-corrected chi connectivity index (χ4v) is 3.02. The summed E-state index contributed by atoms with van der Waals surface area (Å²) in [6.07, 6.45) is 3.04. The molecule has 4 rings (SSSR count). The molecular formula is C21H14FN3O4. The smallest absolute Gasteiger partial charge is 0.336 e. The van der Waals surface area contributed by atoms with Crippen molar-refractivity contribution < 1.29 is 23.9 Å². The Morgan fingerprint density at radius 1 is 0.931 bits per heavy atom. The van der Waals surface area contributed by atoms with Gasteiger partial charge in [-0.3, -0.25) is 14.9 Å². The van der Waals surface area contributed by atoms with Crippen LogP contribution >= 0.6 is 0 Å². The summed E-state index contributed by atoms with van der Waals surface area (Å²) in [5.74, 6) is -2.47. The third-order valence-electron chi connectivity index (χ3n) is 4.40. The molecule has 0 aliphatic carbocycles. The lowest BCUT2D eigenvalue weighted by Gasteiger charge is -2.26. The van der Waals surface area contributed by atoms with Crippen LogP contribution in [0.2, 0.25) is 0 Å². The minimum Gasteiger partial charge on any atom is -0.508 e. The summed E-state index contributed by atoms with van der Waals surface area (Å²) in [6, 6.07) is 14.0. The van der Waals surface area contributed by atoms with Crippen LogP contribution in [0.3, 0.4) is 0 Å². The van der Waals surface area contributed by atoms with E-state index in [1.165, 1.54) is 36.4 Å². The number of carbonyl (C=O) groups is 3. The lowest BCUT2D eigenvalue weighted by molar-refractivity contribution is -0.122. The van der Waals surface area contributed by atoms with E-state index in [0.29, 0.717) is 16.3 Å². The van der Waals surface area contributed by atoms with Gasteiger partial charge < -0.3 is 9.67 Å². The number of nitrogens with zero attached hydrogens (tertiary/aromatic N) is 2. The lowest BCUT2D eigenvalue weighted by atomic mass is 10.1. The summed E-state index contributed by atoms with van der Waals surface area (Å²) in [4.78, 5) is 38.0. The number of nitrogens with one attached hydrogen (secondary N) is 1. The van der Waals surface area contributed by atoms with Crippen LogP contribution in [0, 0.1) is 5.82 Å². The molecule has 144 valence electrons. The number of phenolic OH excluding ortho intramolecular Hbond substituents is 1. The van der Waals surface area contributed by atoms with Crippen LogP contribution in [0.4, 0.5) is 14.9 Å². The molecule has 1 fully saturated rings. The number of benzene rings is 2. The van der Waals surface area contributed by atoms with Crippen molar-refractivity contribution in [1.82, 2.24) is 9.88 Å². The topological polar surface area (TPSA) is 91.6 Å². The van der Waals surface area contributed by atoms with Gasteiger partial charge >= 0.3 is 6.03 Å². The second-order valence-corrected chi connectivity index (χ2v) is 6.23. The highest BCUT2D eigenvalue weighted by Crippen LogP contribution is 2.25. The minimum atomic E-state index is -1.02. The zero-order valence-electron chi connectivity index (χ0n) is 14.9. The number of aromatic nitrogens is 1. The summed E-state index contributed by atoms with van der Waals surface area (Å²) in [5, 5.41) is 11.5. The molecule has 2 heterocycles. The Morgan fingerprint density at radius 3 is 2.38 bits per heavy atom. The normalized spacial score (nSPS) is 15.7. The average molecular weight is 391 g/mol. The Balaban J connectivity index is 1.76. The molecule has 0 saturated carbocycles. The van der Waals surface area contributed by atoms with Crippen molar-refractivity contribution in [3.05, 3.63) is 83.9 Å². The molecule has 1 aliphatic heterocycles. The van der Waals surface area contributed by atoms with Gasteiger partial charge in [-0.25, -0.2) is 14.1 Å². The summed E-state index contributed by atoms with van der Waals surface area (Å²) in [6.45, 7) is 0. The van der Waals surface area contributed by atoms with E-state index in [4.69, 9.17) is 0 Å². The van der Waals surface area contributed by atoms with E-state index >= 15 is 0 Å². The van der Waals surface area contributed by atoms with Crippen LogP contribution in [-0.2, 0) is 9.59 Å². The zero-order valence-corrected chi connectivity index (χ0v) is 14.9. The molecule has 8 heteroatoms. The molecule has 0 radical (unpaired) electrons. The fourth-order valence-electron chi connectivity index (χ4n) is 3.02. The van der Waals surface area contributed by atoms with Crippen molar-refractivity contribution in [3.8, 4) is 11.4 Å². The van der Waals surface area contributed by atoms with Gasteiger partial charge in [-0.1, -0.05) is 12.1 Å². The largest absolute Gasteiger partial charge is 0.508 e. The van der Waals surface area contributed by atoms with Crippen molar-refractivity contribution >= 4 is 29.6 Å². The highest BCUT2D eigenvalue weighted by molar-refractivity contribution is 6.39. The van der Waals surface area contributed by atoms with E-state index in [-0.39, 0.29) is 17.0 Å². The van der Waals surface area contributed by atoms with Crippen LogP contribution in [0.25, 0.3) is 11.8 Å². The first kappa shape index (κ1) is 18.2. The van der Waals surface area contributed by atoms with Crippen molar-refractivity contribution in [2.45, 2.75) is 0 Å². The molecule has 4 amide bonds. The molecule has 29 heavy (non-hydrogen) atoms. The number of hydrogen-bond donors (Lipinski definition) is 2. The molecule has 0 unspecified atom stereocenters. The summed E-state index contributed by atoms with van der Waals surface area (Å²) < 4.78 is 15.8. The number of phenols is 1. The number of barbiturate groups is 1. The Labute approximate surface area is 164 Å². The first-order chi connectivity index (χ1) is 14.0. The van der Waals surface area contributed by atoms with E-state index < -0.39 is 23.7 Å². The van der Waals surface area contributed by atoms with Crippen molar-refractivity contribution in [2.75, 3.05) is 4.90 Å². The first-order valence-electron chi connectivity index (χ1n) is 8.58. The molecule has 1 aliphatic rings. The molecule has 3 aromatic rings.